The van der Waals surface area contributed by atoms with Gasteiger partial charge in [-0.15, -0.1) is 0 Å². The number of carbonyl (C=O) groups is 1. The van der Waals surface area contributed by atoms with Crippen molar-refractivity contribution in [1.82, 2.24) is 10.3 Å². The summed E-state index contributed by atoms with van der Waals surface area (Å²) in [5.74, 6) is -0.637. The molecular formula is C10H13N3O4. The minimum Gasteiger partial charge on any atom is -0.347 e. The summed E-state index contributed by atoms with van der Waals surface area (Å²) in [5, 5.41) is 13.1. The minimum atomic E-state index is -0.677. The molecule has 1 amide bonds. The molecule has 7 heteroatoms. The fourth-order valence-corrected chi connectivity index (χ4v) is 1.15. The Labute approximate surface area is 97.0 Å². The summed E-state index contributed by atoms with van der Waals surface area (Å²) in [6.45, 7) is 5.24. The first-order chi connectivity index (χ1) is 7.70. The summed E-state index contributed by atoms with van der Waals surface area (Å²) >= 11 is 0. The molecule has 2 N–H and O–H groups in total. The van der Waals surface area contributed by atoms with Crippen molar-refractivity contribution in [2.45, 2.75) is 26.3 Å². The molecule has 1 aromatic heterocycles. The zero-order valence-electron chi connectivity index (χ0n) is 9.73. The second kappa shape index (κ2) is 4.36. The highest BCUT2D eigenvalue weighted by Crippen LogP contribution is 2.09. The summed E-state index contributed by atoms with van der Waals surface area (Å²) in [4.78, 5) is 35.1. The lowest BCUT2D eigenvalue weighted by atomic mass is 10.1. The molecule has 0 aromatic carbocycles. The molecule has 1 heterocycles. The van der Waals surface area contributed by atoms with Gasteiger partial charge < -0.3 is 10.3 Å². The molecule has 0 atom stereocenters. The van der Waals surface area contributed by atoms with Crippen LogP contribution in [0.4, 0.5) is 5.69 Å². The molecule has 0 aliphatic rings. The van der Waals surface area contributed by atoms with Crippen molar-refractivity contribution in [3.8, 4) is 0 Å². The standard InChI is InChI=1S/C10H13N3O4/c1-10(2,3)12-9(15)7-4-6(13(16)17)5-11-8(7)14/h4-5H,1-3H3,(H,11,14)(H,12,15). The summed E-state index contributed by atoms with van der Waals surface area (Å²) < 4.78 is 0. The quantitative estimate of drug-likeness (QED) is 0.588. The van der Waals surface area contributed by atoms with Gasteiger partial charge in [0.2, 0.25) is 0 Å². The van der Waals surface area contributed by atoms with Crippen LogP contribution < -0.4 is 10.9 Å². The van der Waals surface area contributed by atoms with E-state index in [1.165, 1.54) is 0 Å². The lowest BCUT2D eigenvalue weighted by Crippen LogP contribution is -2.42. The molecule has 1 aromatic rings. The smallest absolute Gasteiger partial charge is 0.286 e. The minimum absolute atomic E-state index is 0.269. The number of pyridine rings is 1. The highest BCUT2D eigenvalue weighted by Gasteiger charge is 2.20. The van der Waals surface area contributed by atoms with Crippen molar-refractivity contribution in [3.63, 3.8) is 0 Å². The SMILES string of the molecule is CC(C)(C)NC(=O)c1cc([N+](=O)[O-])c[nH]c1=O. The fraction of sp³-hybridized carbons (Fsp3) is 0.400. The first kappa shape index (κ1) is 12.9. The van der Waals surface area contributed by atoms with Crippen molar-refractivity contribution in [2.24, 2.45) is 0 Å². The second-order valence-electron chi connectivity index (χ2n) is 4.56. The van der Waals surface area contributed by atoms with E-state index in [2.05, 4.69) is 10.3 Å². The van der Waals surface area contributed by atoms with E-state index in [9.17, 15) is 19.7 Å². The van der Waals surface area contributed by atoms with Crippen LogP contribution >= 0.6 is 0 Å². The highest BCUT2D eigenvalue weighted by molar-refractivity contribution is 5.94. The molecule has 0 aliphatic carbocycles. The van der Waals surface area contributed by atoms with Crippen molar-refractivity contribution in [2.75, 3.05) is 0 Å². The van der Waals surface area contributed by atoms with Gasteiger partial charge in [0.1, 0.15) is 5.56 Å². The van der Waals surface area contributed by atoms with E-state index >= 15 is 0 Å². The Bertz CT molecular complexity index is 513. The van der Waals surface area contributed by atoms with Gasteiger partial charge in [0.25, 0.3) is 17.2 Å². The zero-order valence-corrected chi connectivity index (χ0v) is 9.73. The Hall–Kier alpha value is -2.18. The third kappa shape index (κ3) is 3.40. The molecule has 0 aliphatic heterocycles. The van der Waals surface area contributed by atoms with Gasteiger partial charge in [-0.05, 0) is 20.8 Å². The van der Waals surface area contributed by atoms with Crippen LogP contribution in [-0.4, -0.2) is 21.4 Å². The molecule has 7 nitrogen and oxygen atoms in total. The maximum absolute atomic E-state index is 11.7. The van der Waals surface area contributed by atoms with Gasteiger partial charge in [0.15, 0.2) is 0 Å². The summed E-state index contributed by atoms with van der Waals surface area (Å²) in [7, 11) is 0. The van der Waals surface area contributed by atoms with E-state index in [1.807, 2.05) is 0 Å². The number of hydrogen-bond acceptors (Lipinski definition) is 4. The van der Waals surface area contributed by atoms with Crippen LogP contribution in [0.1, 0.15) is 31.1 Å². The number of aromatic amines is 1. The normalized spacial score (nSPS) is 11.0. The highest BCUT2D eigenvalue weighted by atomic mass is 16.6. The zero-order chi connectivity index (χ0) is 13.2. The number of H-pyrrole nitrogens is 1. The molecule has 0 bridgehead atoms. The van der Waals surface area contributed by atoms with Crippen LogP contribution in [0.5, 0.6) is 0 Å². The van der Waals surface area contributed by atoms with Gasteiger partial charge in [-0.25, -0.2) is 0 Å². The van der Waals surface area contributed by atoms with E-state index in [-0.39, 0.29) is 11.3 Å². The van der Waals surface area contributed by atoms with Crippen LogP contribution in [0.25, 0.3) is 0 Å². The number of carbonyl (C=O) groups excluding carboxylic acids is 1. The average molecular weight is 239 g/mol. The Kier molecular flexibility index (Phi) is 3.31. The van der Waals surface area contributed by atoms with E-state index < -0.39 is 21.9 Å². The number of aromatic nitrogens is 1. The molecule has 0 fully saturated rings. The predicted octanol–water partition coefficient (Wildman–Crippen LogP) is 0.811. The fourth-order valence-electron chi connectivity index (χ4n) is 1.15. The van der Waals surface area contributed by atoms with E-state index in [0.29, 0.717) is 0 Å². The molecule has 0 radical (unpaired) electrons. The topological polar surface area (TPSA) is 105 Å². The van der Waals surface area contributed by atoms with E-state index in [1.54, 1.807) is 20.8 Å². The van der Waals surface area contributed by atoms with Crippen molar-refractivity contribution in [1.29, 1.82) is 0 Å². The molecule has 0 saturated heterocycles. The summed E-state index contributed by atoms with van der Waals surface area (Å²) in [6.07, 6.45) is 0.955. The third-order valence-corrected chi connectivity index (χ3v) is 1.83. The average Bonchev–Trinajstić information content (AvgIpc) is 2.14. The Balaban J connectivity index is 3.13. The van der Waals surface area contributed by atoms with Crippen LogP contribution in [-0.2, 0) is 0 Å². The third-order valence-electron chi connectivity index (χ3n) is 1.83. The second-order valence-corrected chi connectivity index (χ2v) is 4.56. The lowest BCUT2D eigenvalue weighted by Gasteiger charge is -2.19. The predicted molar refractivity (Wildman–Crippen MR) is 60.9 cm³/mol. The van der Waals surface area contributed by atoms with Crippen molar-refractivity contribution in [3.05, 3.63) is 38.3 Å². The van der Waals surface area contributed by atoms with Gasteiger partial charge in [-0.2, -0.15) is 0 Å². The Morgan fingerprint density at radius 3 is 2.53 bits per heavy atom. The first-order valence-electron chi connectivity index (χ1n) is 4.90. The van der Waals surface area contributed by atoms with Gasteiger partial charge in [-0.1, -0.05) is 0 Å². The molecule has 0 spiro atoms. The van der Waals surface area contributed by atoms with Crippen LogP contribution in [0.3, 0.4) is 0 Å². The van der Waals surface area contributed by atoms with E-state index in [0.717, 1.165) is 12.3 Å². The van der Waals surface area contributed by atoms with Gasteiger partial charge in [-0.3, -0.25) is 19.7 Å². The maximum Gasteiger partial charge on any atom is 0.286 e. The van der Waals surface area contributed by atoms with Crippen molar-refractivity contribution >= 4 is 11.6 Å². The molecule has 0 saturated carbocycles. The van der Waals surface area contributed by atoms with Crippen LogP contribution in [0, 0.1) is 10.1 Å². The largest absolute Gasteiger partial charge is 0.347 e. The van der Waals surface area contributed by atoms with Gasteiger partial charge in [0.05, 0.1) is 11.1 Å². The lowest BCUT2D eigenvalue weighted by molar-refractivity contribution is -0.385. The van der Waals surface area contributed by atoms with Crippen molar-refractivity contribution < 1.29 is 9.72 Å². The molecule has 17 heavy (non-hydrogen) atoms. The number of hydrogen-bond donors (Lipinski definition) is 2. The number of nitrogens with one attached hydrogen (secondary N) is 2. The Morgan fingerprint density at radius 1 is 1.47 bits per heavy atom. The van der Waals surface area contributed by atoms with Crippen LogP contribution in [0.15, 0.2) is 17.1 Å². The maximum atomic E-state index is 11.7. The Morgan fingerprint density at radius 2 is 2.06 bits per heavy atom. The molecule has 1 rings (SSSR count). The number of nitro groups is 1. The van der Waals surface area contributed by atoms with Gasteiger partial charge in [0, 0.05) is 11.6 Å². The first-order valence-corrected chi connectivity index (χ1v) is 4.90. The number of amides is 1. The van der Waals surface area contributed by atoms with E-state index in [4.69, 9.17) is 0 Å². The number of nitrogens with zero attached hydrogens (tertiary/aromatic N) is 1. The number of rotatable bonds is 2. The molecule has 0 unspecified atom stereocenters. The molecular weight excluding hydrogens is 226 g/mol. The summed E-state index contributed by atoms with van der Waals surface area (Å²) in [6, 6.07) is 0.958. The monoisotopic (exact) mass is 239 g/mol. The molecule has 92 valence electrons. The summed E-state index contributed by atoms with van der Waals surface area (Å²) in [5.41, 5.74) is -1.77. The van der Waals surface area contributed by atoms with Gasteiger partial charge >= 0.3 is 0 Å². The van der Waals surface area contributed by atoms with Crippen LogP contribution in [0.2, 0.25) is 0 Å².